The van der Waals surface area contributed by atoms with E-state index in [0.717, 1.165) is 27.1 Å². The van der Waals surface area contributed by atoms with Gasteiger partial charge in [-0.2, -0.15) is 0 Å². The van der Waals surface area contributed by atoms with Crippen molar-refractivity contribution in [3.8, 4) is 22.6 Å². The summed E-state index contributed by atoms with van der Waals surface area (Å²) in [6.07, 6.45) is 1.65. The van der Waals surface area contributed by atoms with Crippen molar-refractivity contribution in [3.63, 3.8) is 0 Å². The largest absolute Gasteiger partial charge is 0.439 e. The van der Waals surface area contributed by atoms with Gasteiger partial charge >= 0.3 is 0 Å². The molecule has 0 saturated carbocycles. The molecule has 168 valence electrons. The van der Waals surface area contributed by atoms with Crippen molar-refractivity contribution in [1.82, 2.24) is 4.98 Å². The van der Waals surface area contributed by atoms with Crippen molar-refractivity contribution >= 4 is 10.8 Å². The molecule has 3 nitrogen and oxygen atoms in total. The molecule has 1 heterocycles. The molecule has 1 unspecified atom stereocenters. The third-order valence-corrected chi connectivity index (χ3v) is 6.66. The number of hydrogen-bond acceptors (Lipinski definition) is 3. The van der Waals surface area contributed by atoms with Gasteiger partial charge in [0.1, 0.15) is 11.5 Å². The van der Waals surface area contributed by atoms with E-state index in [2.05, 4.69) is 24.3 Å². The van der Waals surface area contributed by atoms with Crippen LogP contribution in [0.2, 0.25) is 0 Å². The molecule has 4 aromatic carbocycles. The Morgan fingerprint density at radius 1 is 0.735 bits per heavy atom. The molecule has 34 heavy (non-hydrogen) atoms. The number of benzene rings is 4. The number of oxazole rings is 1. The zero-order valence-electron chi connectivity index (χ0n) is 18.5. The zero-order valence-corrected chi connectivity index (χ0v) is 19.3. The lowest BCUT2D eigenvalue weighted by Gasteiger charge is -2.14. The van der Waals surface area contributed by atoms with E-state index < -0.39 is 10.8 Å². The quantitative estimate of drug-likeness (QED) is 0.268. The molecule has 0 N–H and O–H groups in total. The molecule has 0 aliphatic heterocycles. The van der Waals surface area contributed by atoms with Crippen LogP contribution in [0, 0.1) is 5.82 Å². The van der Waals surface area contributed by atoms with Crippen LogP contribution < -0.4 is 0 Å². The molecular weight excluding hydrogens is 445 g/mol. The number of aromatic nitrogens is 1. The highest BCUT2D eigenvalue weighted by Crippen LogP contribution is 2.39. The first-order valence-electron chi connectivity index (χ1n) is 10.9. The summed E-state index contributed by atoms with van der Waals surface area (Å²) < 4.78 is 32.0. The molecule has 0 amide bonds. The van der Waals surface area contributed by atoms with Crippen LogP contribution in [0.25, 0.3) is 22.6 Å². The van der Waals surface area contributed by atoms with Gasteiger partial charge in [-0.1, -0.05) is 60.7 Å². The molecule has 0 spiro atoms. The van der Waals surface area contributed by atoms with E-state index in [0.29, 0.717) is 17.3 Å². The number of rotatable bonds is 6. The van der Waals surface area contributed by atoms with E-state index in [1.807, 2.05) is 60.7 Å². The Morgan fingerprint density at radius 3 is 1.79 bits per heavy atom. The van der Waals surface area contributed by atoms with E-state index in [1.54, 1.807) is 18.4 Å². The van der Waals surface area contributed by atoms with Gasteiger partial charge in [0.25, 0.3) is 0 Å². The molecule has 5 heteroatoms. The molecule has 5 aromatic rings. The fraction of sp³-hybridized carbons (Fsp3) is 0.0690. The fourth-order valence-corrected chi connectivity index (χ4v) is 4.55. The van der Waals surface area contributed by atoms with Crippen LogP contribution in [0.1, 0.15) is 22.9 Å². The average molecular weight is 468 g/mol. The Balaban J connectivity index is 1.70. The highest BCUT2D eigenvalue weighted by atomic mass is 32.2. The van der Waals surface area contributed by atoms with E-state index in [1.165, 1.54) is 12.1 Å². The first-order valence-corrected chi connectivity index (χ1v) is 12.5. The minimum absolute atomic E-state index is 0.210. The maximum Gasteiger partial charge on any atom is 0.207 e. The second-order valence-corrected chi connectivity index (χ2v) is 9.35. The van der Waals surface area contributed by atoms with Gasteiger partial charge in [0.2, 0.25) is 5.89 Å². The smallest absolute Gasteiger partial charge is 0.207 e. The van der Waals surface area contributed by atoms with Crippen molar-refractivity contribution in [1.29, 1.82) is 0 Å². The standard InChI is InChI=1S/C29H22FNO2S/c1-34(32)25-18-14-23(15-19-25)28-27(22-12-16-24(30)17-13-22)31-29(33-28)26(20-8-4-2-5-9-20)21-10-6-3-7-11-21/h2-19,26H,1H3. The van der Waals surface area contributed by atoms with Crippen LogP contribution in [-0.2, 0) is 10.8 Å². The van der Waals surface area contributed by atoms with Crippen molar-refractivity contribution in [2.45, 2.75) is 10.8 Å². The summed E-state index contributed by atoms with van der Waals surface area (Å²) >= 11 is 0. The lowest BCUT2D eigenvalue weighted by Crippen LogP contribution is -2.03. The average Bonchev–Trinajstić information content (AvgIpc) is 3.31. The summed E-state index contributed by atoms with van der Waals surface area (Å²) in [5.41, 5.74) is 4.33. The fourth-order valence-electron chi connectivity index (χ4n) is 4.03. The summed E-state index contributed by atoms with van der Waals surface area (Å²) in [6, 6.07) is 33.9. The Morgan fingerprint density at radius 2 is 1.26 bits per heavy atom. The Bertz CT molecular complexity index is 1370. The first kappa shape index (κ1) is 22.0. The van der Waals surface area contributed by atoms with Crippen molar-refractivity contribution in [2.24, 2.45) is 0 Å². The topological polar surface area (TPSA) is 43.1 Å². The molecule has 0 aliphatic rings. The van der Waals surface area contributed by atoms with Crippen LogP contribution in [0.5, 0.6) is 0 Å². The predicted molar refractivity (Wildman–Crippen MR) is 133 cm³/mol. The third-order valence-electron chi connectivity index (χ3n) is 5.72. The summed E-state index contributed by atoms with van der Waals surface area (Å²) in [6.45, 7) is 0. The van der Waals surface area contributed by atoms with Gasteiger partial charge in [0, 0.05) is 33.1 Å². The Hall–Kier alpha value is -3.83. The first-order chi connectivity index (χ1) is 16.6. The van der Waals surface area contributed by atoms with Crippen molar-refractivity contribution in [3.05, 3.63) is 132 Å². The SMILES string of the molecule is CS(=O)c1ccc(-c2oc(C(c3ccccc3)c3ccccc3)nc2-c2ccc(F)cc2)cc1. The summed E-state index contributed by atoms with van der Waals surface area (Å²) in [4.78, 5) is 5.68. The minimum atomic E-state index is -1.08. The third kappa shape index (κ3) is 4.47. The molecular formula is C29H22FNO2S. The van der Waals surface area contributed by atoms with Crippen LogP contribution in [-0.4, -0.2) is 15.4 Å². The summed E-state index contributed by atoms with van der Waals surface area (Å²) in [5, 5.41) is 0. The lowest BCUT2D eigenvalue weighted by molar-refractivity contribution is 0.499. The van der Waals surface area contributed by atoms with E-state index in [9.17, 15) is 8.60 Å². The van der Waals surface area contributed by atoms with Crippen LogP contribution in [0.3, 0.4) is 0 Å². The van der Waals surface area contributed by atoms with Gasteiger partial charge in [-0.05, 0) is 59.7 Å². The highest BCUT2D eigenvalue weighted by molar-refractivity contribution is 7.84. The molecule has 5 rings (SSSR count). The molecule has 0 bridgehead atoms. The molecule has 1 aromatic heterocycles. The van der Waals surface area contributed by atoms with Gasteiger partial charge in [-0.25, -0.2) is 9.37 Å². The predicted octanol–water partition coefficient (Wildman–Crippen LogP) is 7.07. The lowest BCUT2D eigenvalue weighted by atomic mass is 9.91. The molecule has 0 radical (unpaired) electrons. The Labute approximate surface area is 200 Å². The van der Waals surface area contributed by atoms with Gasteiger partial charge in [0.05, 0.1) is 5.92 Å². The van der Waals surface area contributed by atoms with Crippen molar-refractivity contribution < 1.29 is 13.0 Å². The number of hydrogen-bond donors (Lipinski definition) is 0. The molecule has 1 atom stereocenters. The van der Waals surface area contributed by atoms with Gasteiger partial charge < -0.3 is 4.42 Å². The van der Waals surface area contributed by atoms with Gasteiger partial charge in [-0.3, -0.25) is 4.21 Å². The van der Waals surface area contributed by atoms with Crippen LogP contribution >= 0.6 is 0 Å². The Kier molecular flexibility index (Phi) is 6.19. The maximum atomic E-state index is 13.6. The second-order valence-electron chi connectivity index (χ2n) is 7.97. The number of halogens is 1. The normalized spacial score (nSPS) is 12.1. The second kappa shape index (κ2) is 9.57. The molecule has 0 aliphatic carbocycles. The van der Waals surface area contributed by atoms with E-state index in [-0.39, 0.29) is 11.7 Å². The van der Waals surface area contributed by atoms with Gasteiger partial charge in [0.15, 0.2) is 5.76 Å². The molecule has 0 fully saturated rings. The zero-order chi connectivity index (χ0) is 23.5. The maximum absolute atomic E-state index is 13.6. The summed E-state index contributed by atoms with van der Waals surface area (Å²) in [5.74, 6) is 0.620. The highest BCUT2D eigenvalue weighted by Gasteiger charge is 2.26. The van der Waals surface area contributed by atoms with Crippen molar-refractivity contribution in [2.75, 3.05) is 6.26 Å². The monoisotopic (exact) mass is 467 g/mol. The number of nitrogens with zero attached hydrogens (tertiary/aromatic N) is 1. The molecule has 0 saturated heterocycles. The van der Waals surface area contributed by atoms with E-state index in [4.69, 9.17) is 9.40 Å². The van der Waals surface area contributed by atoms with Crippen LogP contribution in [0.4, 0.5) is 4.39 Å². The van der Waals surface area contributed by atoms with Gasteiger partial charge in [-0.15, -0.1) is 0 Å². The minimum Gasteiger partial charge on any atom is -0.439 e. The summed E-state index contributed by atoms with van der Waals surface area (Å²) in [7, 11) is -1.08. The van der Waals surface area contributed by atoms with Crippen LogP contribution in [0.15, 0.2) is 119 Å². The van der Waals surface area contributed by atoms with E-state index >= 15 is 0 Å².